The fourth-order valence-electron chi connectivity index (χ4n) is 2.49. The number of aldehydes is 1. The Morgan fingerprint density at radius 3 is 2.43 bits per heavy atom. The van der Waals surface area contributed by atoms with Crippen molar-refractivity contribution in [1.82, 2.24) is 0 Å². The average molecular weight is 283 g/mol. The van der Waals surface area contributed by atoms with Crippen molar-refractivity contribution in [2.45, 2.75) is 12.3 Å². The molecule has 3 nitrogen and oxygen atoms in total. The van der Waals surface area contributed by atoms with Gasteiger partial charge in [-0.05, 0) is 11.6 Å². The Hall–Kier alpha value is -2.29. The van der Waals surface area contributed by atoms with Crippen LogP contribution < -0.4 is 9.64 Å². The van der Waals surface area contributed by atoms with Gasteiger partial charge in [-0.25, -0.2) is 0 Å². The summed E-state index contributed by atoms with van der Waals surface area (Å²) in [5, 5.41) is 0. The molecule has 2 rings (SSSR count). The molecule has 0 saturated carbocycles. The molecular formula is C18H21NO2. The van der Waals surface area contributed by atoms with Crippen molar-refractivity contribution in [3.8, 4) is 5.75 Å². The summed E-state index contributed by atoms with van der Waals surface area (Å²) in [6, 6.07) is 16.2. The molecule has 0 fully saturated rings. The van der Waals surface area contributed by atoms with Crippen LogP contribution in [0.15, 0.2) is 48.5 Å². The second kappa shape index (κ2) is 6.93. The fraction of sp³-hybridized carbons (Fsp3) is 0.278. The topological polar surface area (TPSA) is 29.5 Å². The first kappa shape index (κ1) is 15.1. The van der Waals surface area contributed by atoms with Gasteiger partial charge in [0.25, 0.3) is 0 Å². The van der Waals surface area contributed by atoms with Gasteiger partial charge in [0.2, 0.25) is 0 Å². The molecule has 0 amide bonds. The molecule has 0 aliphatic rings. The SMILES string of the molecule is COc1cc(N(C)C)ccc1[C@@H](CC=O)c1ccccc1. The quantitative estimate of drug-likeness (QED) is 0.760. The number of anilines is 1. The third-order valence-corrected chi connectivity index (χ3v) is 3.64. The third-order valence-electron chi connectivity index (χ3n) is 3.64. The van der Waals surface area contributed by atoms with Crippen LogP contribution in [0.4, 0.5) is 5.69 Å². The van der Waals surface area contributed by atoms with Crippen LogP contribution in [0.5, 0.6) is 5.75 Å². The maximum Gasteiger partial charge on any atom is 0.124 e. The van der Waals surface area contributed by atoms with Gasteiger partial charge >= 0.3 is 0 Å². The van der Waals surface area contributed by atoms with E-state index in [0.29, 0.717) is 6.42 Å². The third kappa shape index (κ3) is 3.43. The van der Waals surface area contributed by atoms with Crippen molar-refractivity contribution in [1.29, 1.82) is 0 Å². The van der Waals surface area contributed by atoms with Crippen LogP contribution in [0, 0.1) is 0 Å². The Morgan fingerprint density at radius 1 is 1.14 bits per heavy atom. The van der Waals surface area contributed by atoms with Gasteiger partial charge in [0.15, 0.2) is 0 Å². The van der Waals surface area contributed by atoms with Crippen LogP contribution >= 0.6 is 0 Å². The first-order valence-corrected chi connectivity index (χ1v) is 7.01. The monoisotopic (exact) mass is 283 g/mol. The van der Waals surface area contributed by atoms with Crippen molar-refractivity contribution in [3.63, 3.8) is 0 Å². The first-order valence-electron chi connectivity index (χ1n) is 7.01. The molecule has 0 bridgehead atoms. The fourth-order valence-corrected chi connectivity index (χ4v) is 2.49. The van der Waals surface area contributed by atoms with E-state index in [1.165, 1.54) is 0 Å². The van der Waals surface area contributed by atoms with Crippen molar-refractivity contribution < 1.29 is 9.53 Å². The molecule has 2 aromatic rings. The Kier molecular flexibility index (Phi) is 4.99. The summed E-state index contributed by atoms with van der Waals surface area (Å²) in [4.78, 5) is 13.1. The predicted molar refractivity (Wildman–Crippen MR) is 86.3 cm³/mol. The number of hydrogen-bond donors (Lipinski definition) is 0. The molecule has 1 atom stereocenters. The van der Waals surface area contributed by atoms with Crippen LogP contribution in [0.3, 0.4) is 0 Å². The zero-order chi connectivity index (χ0) is 15.2. The maximum atomic E-state index is 11.1. The Bertz CT molecular complexity index is 593. The number of methoxy groups -OCH3 is 1. The normalized spacial score (nSPS) is 11.8. The van der Waals surface area contributed by atoms with Gasteiger partial charge in [0.1, 0.15) is 12.0 Å². The van der Waals surface area contributed by atoms with E-state index < -0.39 is 0 Å². The summed E-state index contributed by atoms with van der Waals surface area (Å²) >= 11 is 0. The predicted octanol–water partition coefficient (Wildman–Crippen LogP) is 3.48. The van der Waals surface area contributed by atoms with E-state index in [-0.39, 0.29) is 5.92 Å². The second-order valence-electron chi connectivity index (χ2n) is 5.19. The van der Waals surface area contributed by atoms with Gasteiger partial charge < -0.3 is 14.4 Å². The number of rotatable bonds is 6. The van der Waals surface area contributed by atoms with E-state index in [2.05, 4.69) is 12.1 Å². The average Bonchev–Trinajstić information content (AvgIpc) is 2.53. The molecule has 21 heavy (non-hydrogen) atoms. The highest BCUT2D eigenvalue weighted by Crippen LogP contribution is 2.35. The molecule has 0 heterocycles. The highest BCUT2D eigenvalue weighted by molar-refractivity contribution is 5.59. The molecule has 0 aromatic heterocycles. The van der Waals surface area contributed by atoms with E-state index >= 15 is 0 Å². The van der Waals surface area contributed by atoms with Gasteiger partial charge in [-0.3, -0.25) is 0 Å². The molecule has 3 heteroatoms. The van der Waals surface area contributed by atoms with Gasteiger partial charge in [-0.1, -0.05) is 36.4 Å². The summed E-state index contributed by atoms with van der Waals surface area (Å²) in [6.07, 6.45) is 1.42. The lowest BCUT2D eigenvalue weighted by molar-refractivity contribution is -0.108. The number of carbonyl (C=O) groups excluding carboxylic acids is 1. The Morgan fingerprint density at radius 2 is 1.86 bits per heavy atom. The molecule has 0 radical (unpaired) electrons. The molecular weight excluding hydrogens is 262 g/mol. The lowest BCUT2D eigenvalue weighted by Gasteiger charge is -2.21. The van der Waals surface area contributed by atoms with Gasteiger partial charge in [-0.15, -0.1) is 0 Å². The molecule has 0 saturated heterocycles. The molecule has 0 N–H and O–H groups in total. The Balaban J connectivity index is 2.47. The lowest BCUT2D eigenvalue weighted by atomic mass is 9.88. The number of carbonyl (C=O) groups is 1. The van der Waals surface area contributed by atoms with Gasteiger partial charge in [0, 0.05) is 43.8 Å². The van der Waals surface area contributed by atoms with E-state index in [9.17, 15) is 4.79 Å². The number of hydrogen-bond acceptors (Lipinski definition) is 3. The number of benzene rings is 2. The molecule has 0 aliphatic carbocycles. The van der Waals surface area contributed by atoms with E-state index in [0.717, 1.165) is 28.8 Å². The van der Waals surface area contributed by atoms with Gasteiger partial charge in [0.05, 0.1) is 7.11 Å². The zero-order valence-corrected chi connectivity index (χ0v) is 12.7. The highest BCUT2D eigenvalue weighted by Gasteiger charge is 2.18. The molecule has 110 valence electrons. The van der Waals surface area contributed by atoms with Crippen molar-refractivity contribution in [2.75, 3.05) is 26.1 Å². The summed E-state index contributed by atoms with van der Waals surface area (Å²) in [6.45, 7) is 0. The van der Waals surface area contributed by atoms with Crippen molar-refractivity contribution in [3.05, 3.63) is 59.7 Å². The summed E-state index contributed by atoms with van der Waals surface area (Å²) in [7, 11) is 5.66. The zero-order valence-electron chi connectivity index (χ0n) is 12.7. The van der Waals surface area contributed by atoms with Crippen LogP contribution in [0.1, 0.15) is 23.5 Å². The molecule has 2 aromatic carbocycles. The molecule has 0 spiro atoms. The number of nitrogens with zero attached hydrogens (tertiary/aromatic N) is 1. The standard InChI is InChI=1S/C18H21NO2/c1-19(2)15-9-10-17(18(13-15)21-3)16(11-12-20)14-7-5-4-6-8-14/h4-10,12-13,16H,11H2,1-3H3/t16-/m0/s1. The van der Waals surface area contributed by atoms with Crippen LogP contribution in [0.25, 0.3) is 0 Å². The van der Waals surface area contributed by atoms with E-state index in [1.54, 1.807) is 7.11 Å². The Labute approximate surface area is 126 Å². The minimum absolute atomic E-state index is 0.0230. The van der Waals surface area contributed by atoms with Gasteiger partial charge in [-0.2, -0.15) is 0 Å². The minimum atomic E-state index is 0.0230. The summed E-state index contributed by atoms with van der Waals surface area (Å²) in [5.74, 6) is 0.840. The largest absolute Gasteiger partial charge is 0.496 e. The lowest BCUT2D eigenvalue weighted by Crippen LogP contribution is -2.10. The van der Waals surface area contributed by atoms with Crippen LogP contribution in [-0.2, 0) is 4.79 Å². The minimum Gasteiger partial charge on any atom is -0.496 e. The van der Waals surface area contributed by atoms with Crippen molar-refractivity contribution in [2.24, 2.45) is 0 Å². The number of ether oxygens (including phenoxy) is 1. The van der Waals surface area contributed by atoms with Crippen LogP contribution in [-0.4, -0.2) is 27.5 Å². The van der Waals surface area contributed by atoms with Crippen LogP contribution in [0.2, 0.25) is 0 Å². The summed E-state index contributed by atoms with van der Waals surface area (Å²) in [5.41, 5.74) is 3.25. The van der Waals surface area contributed by atoms with E-state index in [4.69, 9.17) is 4.74 Å². The van der Waals surface area contributed by atoms with E-state index in [1.807, 2.05) is 55.4 Å². The highest BCUT2D eigenvalue weighted by atomic mass is 16.5. The summed E-state index contributed by atoms with van der Waals surface area (Å²) < 4.78 is 5.54. The molecule has 0 unspecified atom stereocenters. The molecule has 0 aliphatic heterocycles. The maximum absolute atomic E-state index is 11.1. The smallest absolute Gasteiger partial charge is 0.124 e. The first-order chi connectivity index (χ1) is 10.2. The second-order valence-corrected chi connectivity index (χ2v) is 5.19. The van der Waals surface area contributed by atoms with Crippen molar-refractivity contribution >= 4 is 12.0 Å².